The van der Waals surface area contributed by atoms with E-state index in [0.29, 0.717) is 25.2 Å². The minimum absolute atomic E-state index is 0.110. The van der Waals surface area contributed by atoms with E-state index in [0.717, 1.165) is 28.2 Å². The van der Waals surface area contributed by atoms with Crippen molar-refractivity contribution >= 4 is 11.7 Å². The van der Waals surface area contributed by atoms with E-state index in [4.69, 9.17) is 4.98 Å². The molecule has 3 aromatic rings. The number of amides is 1. The van der Waals surface area contributed by atoms with Gasteiger partial charge in [0.25, 0.3) is 0 Å². The Balaban J connectivity index is 1.80. The Kier molecular flexibility index (Phi) is 4.44. The minimum Gasteiger partial charge on any atom is -0.292 e. The maximum atomic E-state index is 12.8. The normalized spacial score (nSPS) is 13.6. The Morgan fingerprint density at radius 1 is 1.07 bits per heavy atom. The highest BCUT2D eigenvalue weighted by Crippen LogP contribution is 2.31. The molecule has 1 aromatic carbocycles. The lowest BCUT2D eigenvalue weighted by Gasteiger charge is -2.30. The molecule has 0 saturated carbocycles. The third kappa shape index (κ3) is 3.33. The minimum atomic E-state index is 0.110. The van der Waals surface area contributed by atoms with Gasteiger partial charge in [0.05, 0.1) is 6.54 Å². The fraction of sp³-hybridized carbons (Fsp3) is 0.273. The van der Waals surface area contributed by atoms with E-state index in [-0.39, 0.29) is 5.91 Å². The highest BCUT2D eigenvalue weighted by Gasteiger charge is 2.28. The largest absolute Gasteiger partial charge is 0.292 e. The molecule has 0 N–H and O–H groups in total. The van der Waals surface area contributed by atoms with E-state index in [1.807, 2.05) is 24.0 Å². The van der Waals surface area contributed by atoms with Crippen molar-refractivity contribution in [3.63, 3.8) is 0 Å². The molecular formula is C22H22N4O. The van der Waals surface area contributed by atoms with Crippen LogP contribution in [-0.4, -0.2) is 20.9 Å². The van der Waals surface area contributed by atoms with E-state index in [9.17, 15) is 4.79 Å². The van der Waals surface area contributed by atoms with Crippen molar-refractivity contribution in [1.82, 2.24) is 15.0 Å². The third-order valence-corrected chi connectivity index (χ3v) is 5.09. The van der Waals surface area contributed by atoms with E-state index in [1.54, 1.807) is 12.4 Å². The maximum absolute atomic E-state index is 12.8. The maximum Gasteiger partial charge on any atom is 0.228 e. The molecule has 0 atom stereocenters. The molecule has 0 fully saturated rings. The number of aromatic nitrogens is 3. The number of aryl methyl sites for hydroxylation is 3. The summed E-state index contributed by atoms with van der Waals surface area (Å²) in [5.74, 6) is 1.46. The second-order valence-corrected chi connectivity index (χ2v) is 7.09. The Labute approximate surface area is 159 Å². The summed E-state index contributed by atoms with van der Waals surface area (Å²) in [6.07, 6.45) is 4.66. The number of hydrogen-bond donors (Lipinski definition) is 0. The standard InChI is InChI=1S/C22H22N4O/c1-14-6-7-15(2)18(11-14)13-26-20(27)9-8-19-16(3)24-21(25-22(19)26)17-5-4-10-23-12-17/h4-7,10-12H,8-9,13H2,1-3H3. The molecule has 136 valence electrons. The van der Waals surface area contributed by atoms with Crippen molar-refractivity contribution in [3.05, 3.63) is 70.7 Å². The molecule has 1 amide bonds. The molecule has 0 aliphatic carbocycles. The first kappa shape index (κ1) is 17.3. The molecule has 0 radical (unpaired) electrons. The number of nitrogens with zero attached hydrogens (tertiary/aromatic N) is 4. The van der Waals surface area contributed by atoms with E-state index in [1.165, 1.54) is 11.1 Å². The summed E-state index contributed by atoms with van der Waals surface area (Å²) in [6, 6.07) is 10.2. The quantitative estimate of drug-likeness (QED) is 0.711. The summed E-state index contributed by atoms with van der Waals surface area (Å²) in [4.78, 5) is 28.2. The van der Waals surface area contributed by atoms with Gasteiger partial charge in [0.1, 0.15) is 5.82 Å². The lowest BCUT2D eigenvalue weighted by Crippen LogP contribution is -2.36. The molecule has 0 spiro atoms. The number of benzene rings is 1. The summed E-state index contributed by atoms with van der Waals surface area (Å²) in [7, 11) is 0. The first-order valence-electron chi connectivity index (χ1n) is 9.17. The van der Waals surface area contributed by atoms with Crippen LogP contribution in [0.25, 0.3) is 11.4 Å². The highest BCUT2D eigenvalue weighted by atomic mass is 16.2. The van der Waals surface area contributed by atoms with E-state index < -0.39 is 0 Å². The Morgan fingerprint density at radius 3 is 2.70 bits per heavy atom. The number of anilines is 1. The summed E-state index contributed by atoms with van der Waals surface area (Å²) in [5.41, 5.74) is 6.36. The monoisotopic (exact) mass is 358 g/mol. The van der Waals surface area contributed by atoms with E-state index >= 15 is 0 Å². The Bertz CT molecular complexity index is 1010. The van der Waals surface area contributed by atoms with Crippen molar-refractivity contribution < 1.29 is 4.79 Å². The number of hydrogen-bond acceptors (Lipinski definition) is 4. The zero-order chi connectivity index (χ0) is 19.0. The van der Waals surface area contributed by atoms with Gasteiger partial charge in [0.15, 0.2) is 5.82 Å². The van der Waals surface area contributed by atoms with Gasteiger partial charge in [-0.1, -0.05) is 23.8 Å². The third-order valence-electron chi connectivity index (χ3n) is 5.09. The number of fused-ring (bicyclic) bond motifs is 1. The summed E-state index contributed by atoms with van der Waals surface area (Å²) >= 11 is 0. The predicted molar refractivity (Wildman–Crippen MR) is 105 cm³/mol. The highest BCUT2D eigenvalue weighted by molar-refractivity contribution is 5.95. The Hall–Kier alpha value is -3.08. The van der Waals surface area contributed by atoms with Crippen LogP contribution in [0, 0.1) is 20.8 Å². The molecule has 27 heavy (non-hydrogen) atoms. The van der Waals surface area contributed by atoms with Crippen molar-refractivity contribution in [3.8, 4) is 11.4 Å². The number of carbonyl (C=O) groups is 1. The zero-order valence-corrected chi connectivity index (χ0v) is 15.9. The van der Waals surface area contributed by atoms with Crippen LogP contribution in [0.4, 0.5) is 5.82 Å². The Morgan fingerprint density at radius 2 is 1.93 bits per heavy atom. The van der Waals surface area contributed by atoms with E-state index in [2.05, 4.69) is 42.0 Å². The molecule has 0 unspecified atom stereocenters. The fourth-order valence-electron chi connectivity index (χ4n) is 3.51. The van der Waals surface area contributed by atoms with Crippen molar-refractivity contribution in [2.45, 2.75) is 40.2 Å². The van der Waals surface area contributed by atoms with Crippen molar-refractivity contribution in [2.75, 3.05) is 4.90 Å². The van der Waals surface area contributed by atoms with Gasteiger partial charge < -0.3 is 0 Å². The van der Waals surface area contributed by atoms with Crippen LogP contribution in [0.2, 0.25) is 0 Å². The lowest BCUT2D eigenvalue weighted by molar-refractivity contribution is -0.119. The van der Waals surface area contributed by atoms with Gasteiger partial charge in [-0.3, -0.25) is 14.7 Å². The fourth-order valence-corrected chi connectivity index (χ4v) is 3.51. The zero-order valence-electron chi connectivity index (χ0n) is 15.9. The van der Waals surface area contributed by atoms with Gasteiger partial charge >= 0.3 is 0 Å². The van der Waals surface area contributed by atoms with Crippen LogP contribution in [0.5, 0.6) is 0 Å². The molecular weight excluding hydrogens is 336 g/mol. The molecule has 1 aliphatic rings. The summed E-state index contributed by atoms with van der Waals surface area (Å²) in [5, 5.41) is 0. The molecule has 5 nitrogen and oxygen atoms in total. The molecule has 5 heteroatoms. The first-order chi connectivity index (χ1) is 13.0. The number of pyridine rings is 1. The second-order valence-electron chi connectivity index (χ2n) is 7.09. The van der Waals surface area contributed by atoms with Crippen molar-refractivity contribution in [2.24, 2.45) is 0 Å². The van der Waals surface area contributed by atoms with Crippen LogP contribution in [0.3, 0.4) is 0 Å². The summed E-state index contributed by atoms with van der Waals surface area (Å²) in [6.45, 7) is 6.67. The van der Waals surface area contributed by atoms with Gasteiger partial charge in [0.2, 0.25) is 5.91 Å². The molecule has 4 rings (SSSR count). The molecule has 0 bridgehead atoms. The van der Waals surface area contributed by atoms with Gasteiger partial charge in [-0.25, -0.2) is 9.97 Å². The van der Waals surface area contributed by atoms with Gasteiger partial charge in [-0.15, -0.1) is 0 Å². The van der Waals surface area contributed by atoms with Crippen LogP contribution >= 0.6 is 0 Å². The van der Waals surface area contributed by atoms with Crippen LogP contribution in [0.1, 0.15) is 34.4 Å². The molecule has 2 aromatic heterocycles. The van der Waals surface area contributed by atoms with Gasteiger partial charge in [-0.2, -0.15) is 0 Å². The molecule has 1 aliphatic heterocycles. The van der Waals surface area contributed by atoms with Gasteiger partial charge in [0, 0.05) is 35.6 Å². The SMILES string of the molecule is Cc1ccc(C)c(CN2C(=O)CCc3c(C)nc(-c4cccnc4)nc32)c1. The van der Waals surface area contributed by atoms with Crippen LogP contribution < -0.4 is 4.90 Å². The van der Waals surface area contributed by atoms with Crippen LogP contribution in [0.15, 0.2) is 42.7 Å². The predicted octanol–water partition coefficient (Wildman–Crippen LogP) is 3.94. The second kappa shape index (κ2) is 6.91. The first-order valence-corrected chi connectivity index (χ1v) is 9.17. The number of rotatable bonds is 3. The topological polar surface area (TPSA) is 59.0 Å². The van der Waals surface area contributed by atoms with Crippen molar-refractivity contribution in [1.29, 1.82) is 0 Å². The summed E-state index contributed by atoms with van der Waals surface area (Å²) < 4.78 is 0. The average molecular weight is 358 g/mol. The van der Waals surface area contributed by atoms with Gasteiger partial charge in [-0.05, 0) is 50.5 Å². The molecule has 0 saturated heterocycles. The molecule has 3 heterocycles. The van der Waals surface area contributed by atoms with Crippen LogP contribution in [-0.2, 0) is 17.8 Å². The smallest absolute Gasteiger partial charge is 0.228 e. The lowest BCUT2D eigenvalue weighted by atomic mass is 10.0. The average Bonchev–Trinajstić information content (AvgIpc) is 2.67. The number of carbonyl (C=O) groups excluding carboxylic acids is 1.